The number of allylic oxidation sites excluding steroid dienone is 2. The molecule has 10 nitrogen and oxygen atoms in total. The summed E-state index contributed by atoms with van der Waals surface area (Å²) in [6.45, 7) is 2.19. The van der Waals surface area contributed by atoms with Crippen LogP contribution >= 0.6 is 7.82 Å². The van der Waals surface area contributed by atoms with E-state index in [2.05, 4.69) is 26.0 Å². The van der Waals surface area contributed by atoms with Gasteiger partial charge in [-0.05, 0) is 38.5 Å². The standard InChI is InChI=1S/C39H75O10P/c1-3-5-7-9-11-13-15-17-18-19-21-23-25-27-29-31-39(43)49-37(33-41)35-47-50(44,45)46-34-36(32-40)48-38(42)30-28-26-24-22-20-16-14-12-10-8-6-4-2/h17-18,36-37,40-41H,3-16,19-35H2,1-2H3,(H,44,45)/b18-17-. The first-order valence-corrected chi connectivity index (χ1v) is 21.6. The molecule has 0 saturated heterocycles. The molecule has 50 heavy (non-hydrogen) atoms. The Morgan fingerprint density at radius 2 is 0.820 bits per heavy atom. The van der Waals surface area contributed by atoms with Gasteiger partial charge in [-0.3, -0.25) is 18.6 Å². The lowest BCUT2D eigenvalue weighted by Gasteiger charge is -2.20. The van der Waals surface area contributed by atoms with Crippen molar-refractivity contribution in [1.82, 2.24) is 0 Å². The van der Waals surface area contributed by atoms with Crippen molar-refractivity contribution in [1.29, 1.82) is 0 Å². The van der Waals surface area contributed by atoms with Gasteiger partial charge in [0.1, 0.15) is 12.2 Å². The lowest BCUT2D eigenvalue weighted by molar-refractivity contribution is -0.153. The second-order valence-electron chi connectivity index (χ2n) is 13.6. The van der Waals surface area contributed by atoms with Crippen LogP contribution < -0.4 is 0 Å². The first-order valence-electron chi connectivity index (χ1n) is 20.1. The lowest BCUT2D eigenvalue weighted by Crippen LogP contribution is -2.28. The molecule has 0 aliphatic carbocycles. The number of ether oxygens (including phenoxy) is 2. The second kappa shape index (κ2) is 36.1. The summed E-state index contributed by atoms with van der Waals surface area (Å²) in [5.41, 5.74) is 0. The third kappa shape index (κ3) is 33.8. The van der Waals surface area contributed by atoms with Crippen molar-refractivity contribution in [3.8, 4) is 0 Å². The summed E-state index contributed by atoms with van der Waals surface area (Å²) in [4.78, 5) is 34.4. The van der Waals surface area contributed by atoms with Crippen molar-refractivity contribution in [3.63, 3.8) is 0 Å². The topological polar surface area (TPSA) is 149 Å². The number of aliphatic hydroxyl groups is 2. The van der Waals surface area contributed by atoms with Gasteiger partial charge >= 0.3 is 19.8 Å². The molecule has 3 atom stereocenters. The summed E-state index contributed by atoms with van der Waals surface area (Å²) >= 11 is 0. The maximum atomic E-state index is 12.3. The number of phosphoric ester groups is 1. The van der Waals surface area contributed by atoms with E-state index in [0.29, 0.717) is 12.8 Å². The van der Waals surface area contributed by atoms with Gasteiger partial charge in [0.05, 0.1) is 26.4 Å². The Kier molecular flexibility index (Phi) is 35.2. The predicted octanol–water partition coefficient (Wildman–Crippen LogP) is 10.1. The van der Waals surface area contributed by atoms with Crippen LogP contribution in [0.5, 0.6) is 0 Å². The first kappa shape index (κ1) is 48.7. The number of esters is 2. The van der Waals surface area contributed by atoms with Crippen molar-refractivity contribution in [3.05, 3.63) is 12.2 Å². The largest absolute Gasteiger partial charge is 0.472 e. The fraction of sp³-hybridized carbons (Fsp3) is 0.897. The summed E-state index contributed by atoms with van der Waals surface area (Å²) in [6.07, 6.45) is 31.8. The van der Waals surface area contributed by atoms with Gasteiger partial charge < -0.3 is 24.6 Å². The van der Waals surface area contributed by atoms with E-state index in [1.165, 1.54) is 89.9 Å². The third-order valence-electron chi connectivity index (χ3n) is 8.73. The number of carbonyl (C=O) groups is 2. The van der Waals surface area contributed by atoms with Crippen molar-refractivity contribution in [2.75, 3.05) is 26.4 Å². The molecule has 0 rings (SSSR count). The van der Waals surface area contributed by atoms with Gasteiger partial charge in [0.15, 0.2) is 0 Å². The van der Waals surface area contributed by atoms with Crippen LogP contribution in [0.25, 0.3) is 0 Å². The minimum atomic E-state index is -4.63. The molecule has 0 aliphatic heterocycles. The average Bonchev–Trinajstić information content (AvgIpc) is 3.10. The maximum Gasteiger partial charge on any atom is 0.472 e. The summed E-state index contributed by atoms with van der Waals surface area (Å²) in [6, 6.07) is 0. The highest BCUT2D eigenvalue weighted by Gasteiger charge is 2.27. The number of phosphoric acid groups is 1. The van der Waals surface area contributed by atoms with Crippen LogP contribution in [0.3, 0.4) is 0 Å². The van der Waals surface area contributed by atoms with Crippen LogP contribution in [-0.4, -0.2) is 65.7 Å². The zero-order valence-corrected chi connectivity index (χ0v) is 32.8. The Morgan fingerprint density at radius 1 is 0.520 bits per heavy atom. The van der Waals surface area contributed by atoms with Crippen LogP contribution in [0.15, 0.2) is 12.2 Å². The van der Waals surface area contributed by atoms with E-state index >= 15 is 0 Å². The average molecular weight is 735 g/mol. The predicted molar refractivity (Wildman–Crippen MR) is 201 cm³/mol. The van der Waals surface area contributed by atoms with Crippen LogP contribution in [0.4, 0.5) is 0 Å². The zero-order chi connectivity index (χ0) is 37.0. The fourth-order valence-corrected chi connectivity index (χ4v) is 6.36. The molecular formula is C39H75O10P. The third-order valence-corrected chi connectivity index (χ3v) is 9.68. The number of rotatable bonds is 38. The minimum Gasteiger partial charge on any atom is -0.457 e. The Bertz CT molecular complexity index is 853. The van der Waals surface area contributed by atoms with Gasteiger partial charge in [0, 0.05) is 12.8 Å². The molecule has 0 heterocycles. The number of hydrogen-bond acceptors (Lipinski definition) is 9. The van der Waals surface area contributed by atoms with Crippen molar-refractivity contribution < 1.29 is 47.8 Å². The Balaban J connectivity index is 3.96. The SMILES string of the molecule is CCCCCCCC/C=C\CCCCCCCC(=O)OC(CO)COP(=O)(O)OCC(CO)OC(=O)CCCCCCCCCCCCCC. The molecule has 0 fully saturated rings. The van der Waals surface area contributed by atoms with Crippen molar-refractivity contribution in [2.24, 2.45) is 0 Å². The van der Waals surface area contributed by atoms with Crippen LogP contribution in [0.1, 0.15) is 187 Å². The van der Waals surface area contributed by atoms with Gasteiger partial charge in [-0.15, -0.1) is 0 Å². The van der Waals surface area contributed by atoms with E-state index in [1.54, 1.807) is 0 Å². The Morgan fingerprint density at radius 3 is 1.14 bits per heavy atom. The van der Waals surface area contributed by atoms with E-state index in [1.807, 2.05) is 0 Å². The van der Waals surface area contributed by atoms with Gasteiger partial charge in [-0.1, -0.05) is 148 Å². The monoisotopic (exact) mass is 735 g/mol. The highest BCUT2D eigenvalue weighted by molar-refractivity contribution is 7.47. The highest BCUT2D eigenvalue weighted by Crippen LogP contribution is 2.43. The summed E-state index contributed by atoms with van der Waals surface area (Å²) < 4.78 is 32.5. The quantitative estimate of drug-likeness (QED) is 0.0242. The highest BCUT2D eigenvalue weighted by atomic mass is 31.2. The number of aliphatic hydroxyl groups excluding tert-OH is 2. The fourth-order valence-electron chi connectivity index (χ4n) is 5.58. The molecule has 3 unspecified atom stereocenters. The Hall–Kier alpha value is -1.29. The smallest absolute Gasteiger partial charge is 0.457 e. The van der Waals surface area contributed by atoms with E-state index in [-0.39, 0.29) is 12.8 Å². The molecule has 0 amide bonds. The summed E-state index contributed by atoms with van der Waals surface area (Å²) in [5.74, 6) is -1.02. The van der Waals surface area contributed by atoms with Crippen LogP contribution in [0.2, 0.25) is 0 Å². The normalized spacial score (nSPS) is 14.1. The van der Waals surface area contributed by atoms with Crippen LogP contribution in [0, 0.1) is 0 Å². The molecule has 0 bridgehead atoms. The molecule has 0 aromatic rings. The molecule has 0 aromatic carbocycles. The van der Waals surface area contributed by atoms with E-state index in [4.69, 9.17) is 18.5 Å². The Labute approximate surface area is 305 Å². The minimum absolute atomic E-state index is 0.185. The number of carbonyl (C=O) groups excluding carboxylic acids is 2. The van der Waals surface area contributed by atoms with Gasteiger partial charge in [0.2, 0.25) is 0 Å². The molecule has 296 valence electrons. The van der Waals surface area contributed by atoms with E-state index in [0.717, 1.165) is 57.8 Å². The summed E-state index contributed by atoms with van der Waals surface area (Å²) in [5, 5.41) is 19.1. The van der Waals surface area contributed by atoms with Gasteiger partial charge in [-0.2, -0.15) is 0 Å². The molecule has 0 aromatic heterocycles. The summed E-state index contributed by atoms with van der Waals surface area (Å²) in [7, 11) is -4.63. The van der Waals surface area contributed by atoms with E-state index < -0.39 is 58.4 Å². The van der Waals surface area contributed by atoms with Crippen molar-refractivity contribution in [2.45, 2.75) is 199 Å². The molecule has 0 spiro atoms. The molecule has 0 saturated carbocycles. The zero-order valence-electron chi connectivity index (χ0n) is 31.9. The molecule has 3 N–H and O–H groups in total. The lowest BCUT2D eigenvalue weighted by atomic mass is 10.0. The van der Waals surface area contributed by atoms with Crippen molar-refractivity contribution >= 4 is 19.8 Å². The number of unbranched alkanes of at least 4 members (excludes halogenated alkanes) is 22. The molecule has 0 radical (unpaired) electrons. The molecule has 11 heteroatoms. The second-order valence-corrected chi connectivity index (χ2v) is 15.1. The number of hydrogen-bond donors (Lipinski definition) is 3. The van der Waals surface area contributed by atoms with E-state index in [9.17, 15) is 29.3 Å². The van der Waals surface area contributed by atoms with Gasteiger partial charge in [-0.25, -0.2) is 4.57 Å². The maximum absolute atomic E-state index is 12.3. The molecule has 0 aliphatic rings. The van der Waals surface area contributed by atoms with Gasteiger partial charge in [0.25, 0.3) is 0 Å². The molecular weight excluding hydrogens is 659 g/mol. The first-order chi connectivity index (χ1) is 24.3. The van der Waals surface area contributed by atoms with Crippen LogP contribution in [-0.2, 0) is 32.7 Å².